The quantitative estimate of drug-likeness (QED) is 0.405. The number of unbranched alkanes of at least 4 members (excludes halogenated alkanes) is 4. The summed E-state index contributed by atoms with van der Waals surface area (Å²) in [7, 11) is 0. The summed E-state index contributed by atoms with van der Waals surface area (Å²) in [5.41, 5.74) is 3.48. The Kier molecular flexibility index (Phi) is 5.19. The van der Waals surface area contributed by atoms with Gasteiger partial charge in [-0.2, -0.15) is 0 Å². The third-order valence-corrected chi connectivity index (χ3v) is 3.22. The Morgan fingerprint density at radius 1 is 1.08 bits per heavy atom. The smallest absolute Gasteiger partial charge is 0.0315 e. The van der Waals surface area contributed by atoms with Gasteiger partial charge in [-0.1, -0.05) is 43.8 Å². The topological polar surface area (TPSA) is 0 Å². The molecule has 1 aliphatic rings. The number of rotatable bonds is 6. The van der Waals surface area contributed by atoms with Crippen molar-refractivity contribution in [2.45, 2.75) is 71.6 Å². The van der Waals surface area contributed by atoms with E-state index in [0.717, 1.165) is 0 Å². The molecule has 1 aliphatic carbocycles. The molecular formula is C13H24. The van der Waals surface area contributed by atoms with E-state index in [0.29, 0.717) is 0 Å². The van der Waals surface area contributed by atoms with Crippen molar-refractivity contribution in [3.63, 3.8) is 0 Å². The number of hydrogen-bond acceptors (Lipinski definition) is 0. The lowest BCUT2D eigenvalue weighted by Crippen LogP contribution is -2.00. The maximum absolute atomic E-state index is 2.34. The molecule has 0 heterocycles. The highest BCUT2D eigenvalue weighted by Crippen LogP contribution is 2.30. The van der Waals surface area contributed by atoms with Gasteiger partial charge in [-0.3, -0.25) is 0 Å². The van der Waals surface area contributed by atoms with Crippen LogP contribution >= 0.6 is 0 Å². The van der Waals surface area contributed by atoms with Crippen LogP contribution in [0.1, 0.15) is 71.6 Å². The number of hydrogen-bond donors (Lipinski definition) is 0. The largest absolute Gasteiger partial charge is 0.0741 e. The van der Waals surface area contributed by atoms with Gasteiger partial charge in [0.25, 0.3) is 0 Å². The van der Waals surface area contributed by atoms with E-state index in [2.05, 4.69) is 13.8 Å². The zero-order chi connectivity index (χ0) is 9.52. The molecule has 0 unspecified atom stereocenters. The van der Waals surface area contributed by atoms with E-state index in [-0.39, 0.29) is 0 Å². The Balaban J connectivity index is 1.99. The molecule has 1 fully saturated rings. The lowest BCUT2D eigenvalue weighted by atomic mass is 9.87. The molecule has 0 saturated heterocycles. The van der Waals surface area contributed by atoms with Crippen LogP contribution in [0, 0.1) is 0 Å². The van der Waals surface area contributed by atoms with Crippen molar-refractivity contribution in [3.8, 4) is 0 Å². The molecule has 76 valence electrons. The van der Waals surface area contributed by atoms with Gasteiger partial charge in [-0.15, -0.1) is 0 Å². The predicted octanol–water partition coefficient (Wildman–Crippen LogP) is 4.85. The molecule has 0 aromatic heterocycles. The van der Waals surface area contributed by atoms with Crippen LogP contribution < -0.4 is 0 Å². The molecule has 0 heteroatoms. The minimum absolute atomic E-state index is 1.36. The SMILES string of the molecule is CCCCCCCC(C)=C1CCC1. The fourth-order valence-corrected chi connectivity index (χ4v) is 1.95. The summed E-state index contributed by atoms with van der Waals surface area (Å²) in [5, 5.41) is 0. The second-order valence-electron chi connectivity index (χ2n) is 4.40. The van der Waals surface area contributed by atoms with Crippen molar-refractivity contribution in [2.24, 2.45) is 0 Å². The fraction of sp³-hybridized carbons (Fsp3) is 0.846. The van der Waals surface area contributed by atoms with Crippen molar-refractivity contribution in [1.82, 2.24) is 0 Å². The van der Waals surface area contributed by atoms with E-state index in [1.807, 2.05) is 0 Å². The van der Waals surface area contributed by atoms with Gasteiger partial charge in [0.15, 0.2) is 0 Å². The molecule has 0 bridgehead atoms. The molecule has 0 aliphatic heterocycles. The van der Waals surface area contributed by atoms with Crippen molar-refractivity contribution >= 4 is 0 Å². The molecule has 0 amide bonds. The summed E-state index contributed by atoms with van der Waals surface area (Å²) < 4.78 is 0. The third-order valence-electron chi connectivity index (χ3n) is 3.22. The monoisotopic (exact) mass is 180 g/mol. The van der Waals surface area contributed by atoms with Gasteiger partial charge < -0.3 is 0 Å². The van der Waals surface area contributed by atoms with Crippen LogP contribution in [0.5, 0.6) is 0 Å². The average Bonchev–Trinajstić information content (AvgIpc) is 2.01. The van der Waals surface area contributed by atoms with E-state index in [1.165, 1.54) is 57.8 Å². The Bertz CT molecular complexity index is 159. The zero-order valence-electron chi connectivity index (χ0n) is 9.36. The highest BCUT2D eigenvalue weighted by molar-refractivity contribution is 5.17. The summed E-state index contributed by atoms with van der Waals surface area (Å²) in [6.07, 6.45) is 12.7. The fourth-order valence-electron chi connectivity index (χ4n) is 1.95. The van der Waals surface area contributed by atoms with Gasteiger partial charge in [0, 0.05) is 0 Å². The van der Waals surface area contributed by atoms with Crippen LogP contribution in [0.4, 0.5) is 0 Å². The lowest BCUT2D eigenvalue weighted by molar-refractivity contribution is 0.607. The van der Waals surface area contributed by atoms with Crippen molar-refractivity contribution < 1.29 is 0 Å². The van der Waals surface area contributed by atoms with E-state index in [4.69, 9.17) is 0 Å². The highest BCUT2D eigenvalue weighted by atomic mass is 14.2. The van der Waals surface area contributed by atoms with Crippen LogP contribution in [0.2, 0.25) is 0 Å². The minimum Gasteiger partial charge on any atom is -0.0741 e. The first-order valence-electron chi connectivity index (χ1n) is 6.02. The van der Waals surface area contributed by atoms with Gasteiger partial charge in [-0.25, -0.2) is 0 Å². The number of allylic oxidation sites excluding steroid dienone is 2. The molecule has 0 aromatic carbocycles. The summed E-state index contributed by atoms with van der Waals surface area (Å²) in [4.78, 5) is 0. The summed E-state index contributed by atoms with van der Waals surface area (Å²) in [6, 6.07) is 0. The second kappa shape index (κ2) is 6.23. The summed E-state index contributed by atoms with van der Waals surface area (Å²) in [5.74, 6) is 0. The Hall–Kier alpha value is -0.260. The lowest BCUT2D eigenvalue weighted by Gasteiger charge is -2.20. The standard InChI is InChI=1S/C13H24/c1-3-4-5-6-7-9-12(2)13-10-8-11-13/h3-11H2,1-2H3. The highest BCUT2D eigenvalue weighted by Gasteiger charge is 2.10. The molecule has 0 nitrogen and oxygen atoms in total. The summed E-state index contributed by atoms with van der Waals surface area (Å²) in [6.45, 7) is 4.62. The first kappa shape index (κ1) is 10.8. The van der Waals surface area contributed by atoms with E-state index in [9.17, 15) is 0 Å². The Labute approximate surface area is 83.4 Å². The first-order valence-corrected chi connectivity index (χ1v) is 6.02. The molecule has 0 N–H and O–H groups in total. The molecular weight excluding hydrogens is 156 g/mol. The van der Waals surface area contributed by atoms with Gasteiger partial charge in [-0.05, 0) is 39.0 Å². The Morgan fingerprint density at radius 3 is 2.31 bits per heavy atom. The zero-order valence-corrected chi connectivity index (χ0v) is 9.36. The van der Waals surface area contributed by atoms with Crippen LogP contribution in [-0.2, 0) is 0 Å². The summed E-state index contributed by atoms with van der Waals surface area (Å²) >= 11 is 0. The third kappa shape index (κ3) is 3.97. The van der Waals surface area contributed by atoms with Crippen LogP contribution in [0.3, 0.4) is 0 Å². The van der Waals surface area contributed by atoms with Crippen LogP contribution in [-0.4, -0.2) is 0 Å². The first-order chi connectivity index (χ1) is 6.34. The molecule has 0 aromatic rings. The molecule has 0 radical (unpaired) electrons. The maximum Gasteiger partial charge on any atom is -0.0315 e. The van der Waals surface area contributed by atoms with E-state index in [1.54, 1.807) is 11.1 Å². The van der Waals surface area contributed by atoms with Crippen LogP contribution in [0.15, 0.2) is 11.1 Å². The second-order valence-corrected chi connectivity index (χ2v) is 4.40. The van der Waals surface area contributed by atoms with Crippen molar-refractivity contribution in [1.29, 1.82) is 0 Å². The average molecular weight is 180 g/mol. The van der Waals surface area contributed by atoms with Crippen molar-refractivity contribution in [2.75, 3.05) is 0 Å². The van der Waals surface area contributed by atoms with Crippen LogP contribution in [0.25, 0.3) is 0 Å². The van der Waals surface area contributed by atoms with E-state index < -0.39 is 0 Å². The van der Waals surface area contributed by atoms with E-state index >= 15 is 0 Å². The van der Waals surface area contributed by atoms with Gasteiger partial charge in [0.05, 0.1) is 0 Å². The Morgan fingerprint density at radius 2 is 1.77 bits per heavy atom. The van der Waals surface area contributed by atoms with Gasteiger partial charge in [0.1, 0.15) is 0 Å². The van der Waals surface area contributed by atoms with Crippen molar-refractivity contribution in [3.05, 3.63) is 11.1 Å². The van der Waals surface area contributed by atoms with Gasteiger partial charge in [0.2, 0.25) is 0 Å². The minimum atomic E-state index is 1.36. The molecule has 0 spiro atoms. The maximum atomic E-state index is 2.34. The molecule has 13 heavy (non-hydrogen) atoms. The molecule has 0 atom stereocenters. The molecule has 1 saturated carbocycles. The molecule has 1 rings (SSSR count). The normalized spacial score (nSPS) is 15.7. The van der Waals surface area contributed by atoms with Gasteiger partial charge >= 0.3 is 0 Å². The predicted molar refractivity (Wildman–Crippen MR) is 59.9 cm³/mol.